The van der Waals surface area contributed by atoms with Crippen molar-refractivity contribution in [1.29, 1.82) is 0 Å². The van der Waals surface area contributed by atoms with Crippen molar-refractivity contribution in [3.05, 3.63) is 76.6 Å². The minimum absolute atomic E-state index is 0.106. The Morgan fingerprint density at radius 3 is 2.25 bits per heavy atom. The van der Waals surface area contributed by atoms with Crippen LogP contribution in [0.2, 0.25) is 0 Å². The molecule has 0 aliphatic heterocycles. The van der Waals surface area contributed by atoms with Crippen molar-refractivity contribution in [2.45, 2.75) is 13.5 Å². The molecule has 0 fully saturated rings. The number of aryl methyl sites for hydroxylation is 2. The summed E-state index contributed by atoms with van der Waals surface area (Å²) >= 11 is 0. The highest BCUT2D eigenvalue weighted by molar-refractivity contribution is 6.04. The van der Waals surface area contributed by atoms with Crippen LogP contribution in [0, 0.1) is 30.2 Å². The Bertz CT molecular complexity index is 1010. The normalized spacial score (nSPS) is 10.8. The van der Waals surface area contributed by atoms with Gasteiger partial charge in [-0.15, -0.1) is 0 Å². The van der Waals surface area contributed by atoms with Crippen molar-refractivity contribution in [1.82, 2.24) is 9.78 Å². The number of hydrogen-bond acceptors (Lipinski definition) is 3. The molecule has 0 aliphatic rings. The summed E-state index contributed by atoms with van der Waals surface area (Å²) in [5.74, 6) is -7.82. The zero-order valence-corrected chi connectivity index (χ0v) is 14.9. The number of hydrogen-bond donors (Lipinski definition) is 1. The summed E-state index contributed by atoms with van der Waals surface area (Å²) < 4.78 is 60.0. The van der Waals surface area contributed by atoms with E-state index in [1.807, 2.05) is 0 Å². The number of amides is 1. The topological polar surface area (TPSA) is 56.2 Å². The molecule has 2 aromatic carbocycles. The van der Waals surface area contributed by atoms with E-state index in [9.17, 15) is 22.4 Å². The van der Waals surface area contributed by atoms with Crippen molar-refractivity contribution in [3.63, 3.8) is 0 Å². The molecular weight excluding hydrogens is 378 g/mol. The minimum Gasteiger partial charge on any atom is -0.483 e. The standard InChI is InChI=1S/C19H15F4N3O2/c1-10-15(8-26(2)25-10)24-19(27)12-5-3-11(4-6-12)9-28-18-16(22)13(20)7-14(21)17(18)23/h3-8H,9H2,1-2H3,(H,24,27). The van der Waals surface area contributed by atoms with E-state index in [0.29, 0.717) is 22.5 Å². The number of anilines is 1. The predicted molar refractivity (Wildman–Crippen MR) is 92.9 cm³/mol. The highest BCUT2D eigenvalue weighted by Gasteiger charge is 2.20. The lowest BCUT2D eigenvalue weighted by molar-refractivity contribution is 0.102. The number of nitrogens with zero attached hydrogens (tertiary/aromatic N) is 2. The maximum absolute atomic E-state index is 13.6. The molecule has 0 bridgehead atoms. The third-order valence-electron chi connectivity index (χ3n) is 3.93. The monoisotopic (exact) mass is 393 g/mol. The average Bonchev–Trinajstić information content (AvgIpc) is 2.97. The molecular formula is C19H15F4N3O2. The Labute approximate surface area is 157 Å². The summed E-state index contributed by atoms with van der Waals surface area (Å²) in [7, 11) is 1.73. The highest BCUT2D eigenvalue weighted by Crippen LogP contribution is 2.27. The number of halogens is 4. The minimum atomic E-state index is -1.61. The van der Waals surface area contributed by atoms with Crippen molar-refractivity contribution < 1.29 is 27.1 Å². The Morgan fingerprint density at radius 2 is 1.71 bits per heavy atom. The van der Waals surface area contributed by atoms with E-state index in [2.05, 4.69) is 10.4 Å². The van der Waals surface area contributed by atoms with Crippen molar-refractivity contribution >= 4 is 11.6 Å². The van der Waals surface area contributed by atoms with Crippen LogP contribution >= 0.6 is 0 Å². The Balaban J connectivity index is 1.68. The van der Waals surface area contributed by atoms with E-state index in [-0.39, 0.29) is 18.6 Å². The zero-order valence-electron chi connectivity index (χ0n) is 14.9. The van der Waals surface area contributed by atoms with Crippen LogP contribution in [0.5, 0.6) is 5.75 Å². The van der Waals surface area contributed by atoms with Gasteiger partial charge in [0.05, 0.1) is 11.4 Å². The van der Waals surface area contributed by atoms with Gasteiger partial charge in [0.2, 0.25) is 11.6 Å². The molecule has 0 atom stereocenters. The first-order valence-corrected chi connectivity index (χ1v) is 8.12. The fourth-order valence-electron chi connectivity index (χ4n) is 2.50. The van der Waals surface area contributed by atoms with Gasteiger partial charge in [0.25, 0.3) is 5.91 Å². The zero-order chi connectivity index (χ0) is 20.4. The molecule has 0 radical (unpaired) electrons. The molecule has 0 spiro atoms. The van der Waals surface area contributed by atoms with E-state index < -0.39 is 29.0 Å². The highest BCUT2D eigenvalue weighted by atomic mass is 19.2. The predicted octanol–water partition coefficient (Wildman–Crippen LogP) is 4.12. The van der Waals surface area contributed by atoms with Gasteiger partial charge in [0.15, 0.2) is 17.4 Å². The van der Waals surface area contributed by atoms with Crippen LogP contribution < -0.4 is 10.1 Å². The molecule has 0 aliphatic carbocycles. The lowest BCUT2D eigenvalue weighted by Gasteiger charge is -2.10. The molecule has 5 nitrogen and oxygen atoms in total. The fraction of sp³-hybridized carbons (Fsp3) is 0.158. The van der Waals surface area contributed by atoms with Gasteiger partial charge in [0, 0.05) is 24.9 Å². The summed E-state index contributed by atoms with van der Waals surface area (Å²) in [6.07, 6.45) is 1.66. The molecule has 0 unspecified atom stereocenters. The van der Waals surface area contributed by atoms with Crippen LogP contribution in [-0.2, 0) is 13.7 Å². The molecule has 1 N–H and O–H groups in total. The van der Waals surface area contributed by atoms with Crippen molar-refractivity contribution in [2.75, 3.05) is 5.32 Å². The first-order valence-electron chi connectivity index (χ1n) is 8.12. The number of carbonyl (C=O) groups is 1. The van der Waals surface area contributed by atoms with E-state index in [1.54, 1.807) is 24.9 Å². The summed E-state index contributed by atoms with van der Waals surface area (Å²) in [5, 5.41) is 6.84. The summed E-state index contributed by atoms with van der Waals surface area (Å²) in [6, 6.07) is 6.07. The Hall–Kier alpha value is -3.36. The van der Waals surface area contributed by atoms with Crippen molar-refractivity contribution in [3.8, 4) is 5.75 Å². The second kappa shape index (κ2) is 7.71. The first kappa shape index (κ1) is 19.4. The van der Waals surface area contributed by atoms with Gasteiger partial charge >= 0.3 is 0 Å². The molecule has 146 valence electrons. The molecule has 3 aromatic rings. The van der Waals surface area contributed by atoms with Gasteiger partial charge in [-0.3, -0.25) is 9.48 Å². The van der Waals surface area contributed by atoms with Crippen LogP contribution in [0.15, 0.2) is 36.5 Å². The van der Waals surface area contributed by atoms with Gasteiger partial charge in [-0.05, 0) is 24.6 Å². The lowest BCUT2D eigenvalue weighted by atomic mass is 10.1. The van der Waals surface area contributed by atoms with E-state index >= 15 is 0 Å². The number of ether oxygens (including phenoxy) is 1. The molecule has 1 heterocycles. The number of carbonyl (C=O) groups excluding carboxylic acids is 1. The molecule has 3 rings (SSSR count). The SMILES string of the molecule is Cc1nn(C)cc1NC(=O)c1ccc(COc2c(F)c(F)cc(F)c2F)cc1. The lowest BCUT2D eigenvalue weighted by Crippen LogP contribution is -2.12. The van der Waals surface area contributed by atoms with Crippen LogP contribution in [0.25, 0.3) is 0 Å². The second-order valence-electron chi connectivity index (χ2n) is 6.04. The van der Waals surface area contributed by atoms with Gasteiger partial charge in [-0.25, -0.2) is 8.78 Å². The maximum atomic E-state index is 13.6. The summed E-state index contributed by atoms with van der Waals surface area (Å²) in [5.41, 5.74) is 2.00. The molecule has 1 aromatic heterocycles. The molecule has 0 saturated carbocycles. The van der Waals surface area contributed by atoms with Gasteiger partial charge in [-0.2, -0.15) is 13.9 Å². The third-order valence-corrected chi connectivity index (χ3v) is 3.93. The number of aromatic nitrogens is 2. The van der Waals surface area contributed by atoms with Gasteiger partial charge < -0.3 is 10.1 Å². The number of rotatable bonds is 5. The fourth-order valence-corrected chi connectivity index (χ4v) is 2.50. The van der Waals surface area contributed by atoms with Crippen LogP contribution in [-0.4, -0.2) is 15.7 Å². The maximum Gasteiger partial charge on any atom is 0.255 e. The molecule has 9 heteroatoms. The van der Waals surface area contributed by atoms with Crippen LogP contribution in [0.3, 0.4) is 0 Å². The number of benzene rings is 2. The second-order valence-corrected chi connectivity index (χ2v) is 6.04. The number of nitrogens with one attached hydrogen (secondary N) is 1. The van der Waals surface area contributed by atoms with E-state index in [4.69, 9.17) is 4.74 Å². The van der Waals surface area contributed by atoms with Crippen LogP contribution in [0.1, 0.15) is 21.6 Å². The smallest absolute Gasteiger partial charge is 0.255 e. The van der Waals surface area contributed by atoms with E-state index in [0.717, 1.165) is 0 Å². The Morgan fingerprint density at radius 1 is 1.11 bits per heavy atom. The molecule has 28 heavy (non-hydrogen) atoms. The molecule has 0 saturated heterocycles. The van der Waals surface area contributed by atoms with Crippen LogP contribution in [0.4, 0.5) is 23.2 Å². The average molecular weight is 393 g/mol. The quantitative estimate of drug-likeness (QED) is 0.524. The summed E-state index contributed by atoms with van der Waals surface area (Å²) in [4.78, 5) is 12.3. The van der Waals surface area contributed by atoms with Crippen molar-refractivity contribution in [2.24, 2.45) is 7.05 Å². The third kappa shape index (κ3) is 3.98. The first-order chi connectivity index (χ1) is 13.3. The van der Waals surface area contributed by atoms with E-state index in [1.165, 1.54) is 24.3 Å². The van der Waals surface area contributed by atoms with Gasteiger partial charge in [-0.1, -0.05) is 12.1 Å². The summed E-state index contributed by atoms with van der Waals surface area (Å²) in [6.45, 7) is 1.41. The largest absolute Gasteiger partial charge is 0.483 e. The molecule has 1 amide bonds. The van der Waals surface area contributed by atoms with Gasteiger partial charge in [0.1, 0.15) is 6.61 Å². The Kier molecular flexibility index (Phi) is 5.34.